The summed E-state index contributed by atoms with van der Waals surface area (Å²) in [5, 5.41) is 2.89. The molecule has 4 nitrogen and oxygen atoms in total. The van der Waals surface area contributed by atoms with Gasteiger partial charge in [0.1, 0.15) is 5.60 Å². The minimum Gasteiger partial charge on any atom is -0.444 e. The number of hydrogen-bond acceptors (Lipinski definition) is 3. The number of alkyl carbamates (subject to hydrolysis) is 1. The van der Waals surface area contributed by atoms with Crippen LogP contribution in [-0.4, -0.2) is 16.7 Å². The molecule has 1 N–H and O–H groups in total. The van der Waals surface area contributed by atoms with E-state index >= 15 is 0 Å². The molecule has 2 aromatic rings. The van der Waals surface area contributed by atoms with E-state index in [1.54, 1.807) is 0 Å². The van der Waals surface area contributed by atoms with Crippen LogP contribution < -0.4 is 5.32 Å². The Morgan fingerprint density at radius 1 is 1.19 bits per heavy atom. The van der Waals surface area contributed by atoms with E-state index in [1.165, 1.54) is 5.56 Å². The Balaban J connectivity index is 2.41. The minimum absolute atomic E-state index is 0.365. The van der Waals surface area contributed by atoms with Crippen molar-refractivity contribution in [1.82, 2.24) is 10.3 Å². The fraction of sp³-hybridized carbons (Fsp3) is 0.478. The molecule has 1 radical (unpaired) electrons. The molecule has 0 bridgehead atoms. The van der Waals surface area contributed by atoms with E-state index in [0.29, 0.717) is 12.5 Å². The Morgan fingerprint density at radius 2 is 1.81 bits per heavy atom. The van der Waals surface area contributed by atoms with Crippen molar-refractivity contribution < 1.29 is 9.53 Å². The molecule has 2 rings (SSSR count). The van der Waals surface area contributed by atoms with Gasteiger partial charge in [-0.25, -0.2) is 4.79 Å². The molecule has 145 valence electrons. The zero-order chi connectivity index (χ0) is 20.2. The van der Waals surface area contributed by atoms with Crippen LogP contribution in [0.2, 0.25) is 0 Å². The number of carbonyl (C=O) groups excluding carboxylic acids is 1. The summed E-state index contributed by atoms with van der Waals surface area (Å²) >= 11 is 0. The fourth-order valence-electron chi connectivity index (χ4n) is 2.89. The van der Waals surface area contributed by atoms with Crippen molar-refractivity contribution in [2.24, 2.45) is 5.92 Å². The van der Waals surface area contributed by atoms with Gasteiger partial charge in [0.05, 0.1) is 0 Å². The first-order valence-electron chi connectivity index (χ1n) is 9.50. The van der Waals surface area contributed by atoms with Gasteiger partial charge in [0.2, 0.25) is 0 Å². The molecule has 0 unspecified atom stereocenters. The topological polar surface area (TPSA) is 51.2 Å². The summed E-state index contributed by atoms with van der Waals surface area (Å²) < 4.78 is 5.38. The maximum atomic E-state index is 12.2. The van der Waals surface area contributed by atoms with E-state index in [0.717, 1.165) is 34.5 Å². The molecule has 0 saturated carbocycles. The standard InChI is InChI=1S/C23H31N2O2/c1-15(2)12-21-20(14-24-22(26)27-23(5,6)7)19(13-17(4)25-21)18-10-8-16(3)9-11-18/h8-11,15H,12,14H2,1-7H3,(H,24,26). The first-order chi connectivity index (χ1) is 12.5. The number of hydrogen-bond donors (Lipinski definition) is 1. The smallest absolute Gasteiger partial charge is 0.407 e. The Labute approximate surface area is 163 Å². The summed E-state index contributed by atoms with van der Waals surface area (Å²) in [7, 11) is 0. The highest BCUT2D eigenvalue weighted by Gasteiger charge is 2.19. The number of aryl methyl sites for hydroxylation is 2. The number of ether oxygens (including phenoxy) is 1. The molecule has 27 heavy (non-hydrogen) atoms. The van der Waals surface area contributed by atoms with Crippen molar-refractivity contribution in [1.29, 1.82) is 0 Å². The van der Waals surface area contributed by atoms with Crippen molar-refractivity contribution in [3.63, 3.8) is 0 Å². The van der Waals surface area contributed by atoms with Gasteiger partial charge in [0, 0.05) is 29.6 Å². The Bertz CT molecular complexity index is 787. The lowest BCUT2D eigenvalue weighted by Crippen LogP contribution is -2.32. The molecule has 0 atom stereocenters. The maximum Gasteiger partial charge on any atom is 0.407 e. The number of amides is 1. The lowest BCUT2D eigenvalue weighted by molar-refractivity contribution is 0.0523. The normalized spacial score (nSPS) is 11.6. The van der Waals surface area contributed by atoms with Crippen molar-refractivity contribution in [3.8, 4) is 11.1 Å². The largest absolute Gasteiger partial charge is 0.444 e. The Hall–Kier alpha value is -2.36. The van der Waals surface area contributed by atoms with Gasteiger partial charge >= 0.3 is 6.09 Å². The van der Waals surface area contributed by atoms with Gasteiger partial charge in [-0.05, 0) is 58.1 Å². The van der Waals surface area contributed by atoms with E-state index in [2.05, 4.69) is 56.4 Å². The molecule has 1 heterocycles. The molecule has 1 aromatic heterocycles. The number of benzene rings is 1. The summed E-state index contributed by atoms with van der Waals surface area (Å²) in [5.74, 6) is 0.463. The monoisotopic (exact) mass is 367 g/mol. The lowest BCUT2D eigenvalue weighted by atomic mass is 9.94. The SMILES string of the molecule is Cc1ccc(-c2[c]c(C)nc(CC(C)C)c2CNC(=O)OC(C)(C)C)cc1. The second kappa shape index (κ2) is 8.55. The second-order valence-corrected chi connectivity index (χ2v) is 8.44. The summed E-state index contributed by atoms with van der Waals surface area (Å²) in [6.07, 6.45) is 0.424. The first-order valence-corrected chi connectivity index (χ1v) is 9.50. The van der Waals surface area contributed by atoms with E-state index < -0.39 is 11.7 Å². The molecule has 0 saturated heterocycles. The Kier molecular flexibility index (Phi) is 6.63. The third-order valence-corrected chi connectivity index (χ3v) is 4.01. The average molecular weight is 368 g/mol. The number of nitrogens with one attached hydrogen (secondary N) is 1. The molecule has 1 amide bonds. The van der Waals surface area contributed by atoms with Gasteiger partial charge in [-0.2, -0.15) is 0 Å². The molecule has 0 fully saturated rings. The summed E-state index contributed by atoms with van der Waals surface area (Å²) in [5.41, 5.74) is 5.63. The van der Waals surface area contributed by atoms with Crippen molar-refractivity contribution >= 4 is 6.09 Å². The summed E-state index contributed by atoms with van der Waals surface area (Å²) in [6.45, 7) is 14.3. The minimum atomic E-state index is -0.526. The molecule has 0 aliphatic heterocycles. The molecule has 0 aliphatic rings. The van der Waals surface area contributed by atoms with Crippen molar-refractivity contribution in [3.05, 3.63) is 52.8 Å². The van der Waals surface area contributed by atoms with Crippen LogP contribution in [-0.2, 0) is 17.7 Å². The molecular weight excluding hydrogens is 336 g/mol. The highest BCUT2D eigenvalue weighted by Crippen LogP contribution is 2.28. The zero-order valence-corrected chi connectivity index (χ0v) is 17.6. The van der Waals surface area contributed by atoms with E-state index in [4.69, 9.17) is 9.72 Å². The highest BCUT2D eigenvalue weighted by molar-refractivity contribution is 5.71. The van der Waals surface area contributed by atoms with E-state index in [-0.39, 0.29) is 0 Å². The van der Waals surface area contributed by atoms with Crippen LogP contribution in [0, 0.1) is 25.8 Å². The zero-order valence-electron chi connectivity index (χ0n) is 17.6. The molecule has 0 aliphatic carbocycles. The van der Waals surface area contributed by atoms with Crippen LogP contribution in [0.25, 0.3) is 11.1 Å². The van der Waals surface area contributed by atoms with Gasteiger partial charge in [-0.3, -0.25) is 4.98 Å². The molecule has 4 heteroatoms. The maximum absolute atomic E-state index is 12.2. The van der Waals surface area contributed by atoms with E-state index in [1.807, 2.05) is 27.7 Å². The van der Waals surface area contributed by atoms with Crippen LogP contribution in [0.3, 0.4) is 0 Å². The van der Waals surface area contributed by atoms with Gasteiger partial charge < -0.3 is 10.1 Å². The first kappa shape index (κ1) is 20.9. The van der Waals surface area contributed by atoms with Crippen LogP contribution in [0.1, 0.15) is 57.1 Å². The third-order valence-electron chi connectivity index (χ3n) is 4.01. The fourth-order valence-corrected chi connectivity index (χ4v) is 2.89. The van der Waals surface area contributed by atoms with Gasteiger partial charge in [-0.15, -0.1) is 0 Å². The van der Waals surface area contributed by atoms with Gasteiger partial charge in [0.15, 0.2) is 0 Å². The predicted molar refractivity (Wildman–Crippen MR) is 110 cm³/mol. The van der Waals surface area contributed by atoms with Crippen LogP contribution >= 0.6 is 0 Å². The van der Waals surface area contributed by atoms with E-state index in [9.17, 15) is 4.79 Å². The van der Waals surface area contributed by atoms with Crippen LogP contribution in [0.15, 0.2) is 24.3 Å². The quantitative estimate of drug-likeness (QED) is 0.771. The number of nitrogens with zero attached hydrogens (tertiary/aromatic N) is 1. The van der Waals surface area contributed by atoms with Gasteiger partial charge in [-0.1, -0.05) is 43.7 Å². The average Bonchev–Trinajstić information content (AvgIpc) is 2.52. The van der Waals surface area contributed by atoms with Crippen LogP contribution in [0.4, 0.5) is 4.79 Å². The summed E-state index contributed by atoms with van der Waals surface area (Å²) in [6, 6.07) is 11.8. The molecule has 1 aromatic carbocycles. The predicted octanol–water partition coefficient (Wildman–Crippen LogP) is 5.39. The lowest BCUT2D eigenvalue weighted by Gasteiger charge is -2.21. The van der Waals surface area contributed by atoms with Crippen molar-refractivity contribution in [2.75, 3.05) is 0 Å². The van der Waals surface area contributed by atoms with Crippen molar-refractivity contribution in [2.45, 2.75) is 67.0 Å². The molecule has 0 spiro atoms. The number of aromatic nitrogens is 1. The second-order valence-electron chi connectivity index (χ2n) is 8.44. The number of pyridine rings is 1. The van der Waals surface area contributed by atoms with Crippen LogP contribution in [0.5, 0.6) is 0 Å². The number of rotatable bonds is 5. The third kappa shape index (κ3) is 6.38. The van der Waals surface area contributed by atoms with Gasteiger partial charge in [0.25, 0.3) is 0 Å². The Morgan fingerprint density at radius 3 is 2.37 bits per heavy atom. The summed E-state index contributed by atoms with van der Waals surface area (Å²) in [4.78, 5) is 16.9. The number of carbonyl (C=O) groups is 1. The molecular formula is C23H31N2O2. The highest BCUT2D eigenvalue weighted by atomic mass is 16.6.